The van der Waals surface area contributed by atoms with E-state index in [-0.39, 0.29) is 5.91 Å². The number of nitrogens with zero attached hydrogens (tertiary/aromatic N) is 4. The fraction of sp³-hybridized carbons (Fsp3) is 0.429. The first-order valence-electron chi connectivity index (χ1n) is 7.04. The highest BCUT2D eigenvalue weighted by Crippen LogP contribution is 2.24. The quantitative estimate of drug-likeness (QED) is 0.905. The second-order valence-corrected chi connectivity index (χ2v) is 6.32. The van der Waals surface area contributed by atoms with Crippen LogP contribution in [0.25, 0.3) is 5.65 Å². The first-order chi connectivity index (χ1) is 10.5. The van der Waals surface area contributed by atoms with E-state index in [0.717, 1.165) is 26.2 Å². The van der Waals surface area contributed by atoms with E-state index in [9.17, 15) is 4.79 Å². The van der Waals surface area contributed by atoms with Crippen molar-refractivity contribution in [3.8, 4) is 0 Å². The molecular weight excluding hydrogens is 325 g/mol. The molecule has 22 heavy (non-hydrogen) atoms. The second kappa shape index (κ2) is 6.04. The molecule has 118 valence electrons. The third-order valence-corrected chi connectivity index (χ3v) is 4.28. The zero-order valence-corrected chi connectivity index (χ0v) is 13.9. The lowest BCUT2D eigenvalue weighted by Crippen LogP contribution is -2.52. The Kier molecular flexibility index (Phi) is 4.27. The molecule has 1 saturated heterocycles. The Morgan fingerprint density at radius 1 is 1.27 bits per heavy atom. The number of aryl methyl sites for hydroxylation is 1. The van der Waals surface area contributed by atoms with Crippen LogP contribution in [0.2, 0.25) is 10.0 Å². The van der Waals surface area contributed by atoms with Crippen molar-refractivity contribution in [1.82, 2.24) is 24.7 Å². The maximum Gasteiger partial charge on any atom is 0.284 e. The molecule has 1 amide bonds. The highest BCUT2D eigenvalue weighted by atomic mass is 35.5. The number of likely N-dealkylation sites (N-methyl/N-ethyl adjacent to an activating group) is 1. The summed E-state index contributed by atoms with van der Waals surface area (Å²) in [6.45, 7) is 5.21. The van der Waals surface area contributed by atoms with Crippen molar-refractivity contribution in [2.75, 3.05) is 33.2 Å². The first kappa shape index (κ1) is 15.6. The smallest absolute Gasteiger partial charge is 0.284 e. The minimum absolute atomic E-state index is 0.201. The second-order valence-electron chi connectivity index (χ2n) is 5.48. The molecule has 1 aliphatic rings. The van der Waals surface area contributed by atoms with E-state index >= 15 is 0 Å². The molecule has 0 atom stereocenters. The van der Waals surface area contributed by atoms with Crippen molar-refractivity contribution in [3.05, 3.63) is 33.7 Å². The number of rotatable bonds is 2. The molecule has 3 rings (SSSR count). The van der Waals surface area contributed by atoms with Gasteiger partial charge in [0, 0.05) is 32.4 Å². The van der Waals surface area contributed by atoms with Crippen molar-refractivity contribution in [1.29, 1.82) is 0 Å². The molecular formula is C14H17Cl2N5O. The Morgan fingerprint density at radius 2 is 1.95 bits per heavy atom. The number of hydrogen-bond donors (Lipinski definition) is 1. The van der Waals surface area contributed by atoms with Gasteiger partial charge in [0.15, 0.2) is 5.65 Å². The topological polar surface area (TPSA) is 52.9 Å². The summed E-state index contributed by atoms with van der Waals surface area (Å²) < 4.78 is 1.64. The zero-order valence-electron chi connectivity index (χ0n) is 12.4. The maximum absolute atomic E-state index is 12.6. The summed E-state index contributed by atoms with van der Waals surface area (Å²) in [5.41, 5.74) is 4.55. The van der Waals surface area contributed by atoms with Crippen molar-refractivity contribution in [2.24, 2.45) is 0 Å². The van der Waals surface area contributed by atoms with Gasteiger partial charge in [-0.3, -0.25) is 14.6 Å². The molecule has 2 aromatic rings. The third-order valence-electron chi connectivity index (χ3n) is 3.79. The molecule has 2 aromatic heterocycles. The van der Waals surface area contributed by atoms with E-state index in [1.165, 1.54) is 0 Å². The van der Waals surface area contributed by atoms with Gasteiger partial charge in [0.05, 0.1) is 15.7 Å². The van der Waals surface area contributed by atoms with E-state index in [0.29, 0.717) is 27.1 Å². The van der Waals surface area contributed by atoms with Crippen LogP contribution in [0.1, 0.15) is 16.2 Å². The van der Waals surface area contributed by atoms with E-state index < -0.39 is 0 Å². The summed E-state index contributed by atoms with van der Waals surface area (Å²) >= 11 is 12.2. The lowest BCUT2D eigenvalue weighted by atomic mass is 10.3. The maximum atomic E-state index is 12.6. The van der Waals surface area contributed by atoms with E-state index in [2.05, 4.69) is 22.4 Å². The van der Waals surface area contributed by atoms with Crippen molar-refractivity contribution < 1.29 is 4.79 Å². The van der Waals surface area contributed by atoms with Gasteiger partial charge in [-0.1, -0.05) is 23.2 Å². The number of amides is 1. The van der Waals surface area contributed by atoms with Crippen LogP contribution >= 0.6 is 23.2 Å². The SMILES string of the molecule is Cc1nc2c(Cl)cc(Cl)cn2c1C(=O)NN1CCN(C)CC1. The van der Waals surface area contributed by atoms with Crippen LogP contribution < -0.4 is 5.43 Å². The standard InChI is InChI=1S/C14H17Cl2N5O/c1-9-12(14(22)18-20-5-3-19(2)4-6-20)21-8-10(15)7-11(16)13(21)17-9/h7-8H,3-6H2,1-2H3,(H,18,22). The Hall–Kier alpha value is -1.34. The van der Waals surface area contributed by atoms with Crippen LogP contribution in [-0.4, -0.2) is 58.4 Å². The molecule has 0 spiro atoms. The minimum Gasteiger partial charge on any atom is -0.304 e. The summed E-state index contributed by atoms with van der Waals surface area (Å²) in [4.78, 5) is 19.2. The Balaban J connectivity index is 1.89. The summed E-state index contributed by atoms with van der Waals surface area (Å²) in [5.74, 6) is -0.201. The molecule has 3 heterocycles. The van der Waals surface area contributed by atoms with Crippen LogP contribution in [0.5, 0.6) is 0 Å². The largest absolute Gasteiger partial charge is 0.304 e. The molecule has 1 fully saturated rings. The molecule has 0 radical (unpaired) electrons. The van der Waals surface area contributed by atoms with E-state index in [4.69, 9.17) is 23.2 Å². The van der Waals surface area contributed by atoms with Crippen molar-refractivity contribution in [3.63, 3.8) is 0 Å². The summed E-state index contributed by atoms with van der Waals surface area (Å²) in [6, 6.07) is 1.62. The predicted molar refractivity (Wildman–Crippen MR) is 86.5 cm³/mol. The van der Waals surface area contributed by atoms with Crippen LogP contribution in [0.3, 0.4) is 0 Å². The summed E-state index contributed by atoms with van der Waals surface area (Å²) in [6.07, 6.45) is 1.65. The van der Waals surface area contributed by atoms with E-state index in [1.54, 1.807) is 23.6 Å². The number of carbonyl (C=O) groups excluding carboxylic acids is 1. The lowest BCUT2D eigenvalue weighted by Gasteiger charge is -2.32. The average Bonchev–Trinajstić information content (AvgIpc) is 2.78. The first-order valence-corrected chi connectivity index (χ1v) is 7.79. The lowest BCUT2D eigenvalue weighted by molar-refractivity contribution is 0.0656. The van der Waals surface area contributed by atoms with Gasteiger partial charge < -0.3 is 4.90 Å². The number of carbonyl (C=O) groups is 1. The van der Waals surface area contributed by atoms with Crippen LogP contribution in [0.15, 0.2) is 12.3 Å². The van der Waals surface area contributed by atoms with Gasteiger partial charge in [-0.25, -0.2) is 9.99 Å². The van der Waals surface area contributed by atoms with Crippen LogP contribution in [0.4, 0.5) is 0 Å². The fourth-order valence-corrected chi connectivity index (χ4v) is 3.09. The van der Waals surface area contributed by atoms with E-state index in [1.807, 2.05) is 5.01 Å². The average molecular weight is 342 g/mol. The number of fused-ring (bicyclic) bond motifs is 1. The van der Waals surface area contributed by atoms with Gasteiger partial charge in [0.25, 0.3) is 5.91 Å². The number of nitrogens with one attached hydrogen (secondary N) is 1. The Bertz CT molecular complexity index is 722. The number of pyridine rings is 1. The molecule has 0 aromatic carbocycles. The molecule has 0 saturated carbocycles. The molecule has 8 heteroatoms. The predicted octanol–water partition coefficient (Wildman–Crippen LogP) is 1.84. The number of piperazine rings is 1. The highest BCUT2D eigenvalue weighted by molar-refractivity contribution is 6.36. The molecule has 0 bridgehead atoms. The summed E-state index contributed by atoms with van der Waals surface area (Å²) in [5, 5.41) is 2.81. The highest BCUT2D eigenvalue weighted by Gasteiger charge is 2.22. The minimum atomic E-state index is -0.201. The molecule has 0 unspecified atom stereocenters. The number of halogens is 2. The van der Waals surface area contributed by atoms with Gasteiger partial charge in [0.2, 0.25) is 0 Å². The van der Waals surface area contributed by atoms with Gasteiger partial charge >= 0.3 is 0 Å². The number of aromatic nitrogens is 2. The van der Waals surface area contributed by atoms with Gasteiger partial charge in [-0.15, -0.1) is 0 Å². The Labute approximate surface area is 138 Å². The molecule has 6 nitrogen and oxygen atoms in total. The molecule has 1 aliphatic heterocycles. The third kappa shape index (κ3) is 2.92. The van der Waals surface area contributed by atoms with Gasteiger partial charge in [0.1, 0.15) is 5.69 Å². The molecule has 0 aliphatic carbocycles. The van der Waals surface area contributed by atoms with Gasteiger partial charge in [-0.2, -0.15) is 0 Å². The number of hydrazine groups is 1. The normalized spacial score (nSPS) is 17.1. The molecule has 1 N–H and O–H groups in total. The van der Waals surface area contributed by atoms with Crippen molar-refractivity contribution >= 4 is 34.8 Å². The van der Waals surface area contributed by atoms with Crippen LogP contribution in [0, 0.1) is 6.92 Å². The number of hydrogen-bond acceptors (Lipinski definition) is 4. The fourth-order valence-electron chi connectivity index (χ4n) is 2.57. The Morgan fingerprint density at radius 3 is 2.64 bits per heavy atom. The zero-order chi connectivity index (χ0) is 15.9. The monoisotopic (exact) mass is 341 g/mol. The summed E-state index contributed by atoms with van der Waals surface area (Å²) in [7, 11) is 2.07. The van der Waals surface area contributed by atoms with Gasteiger partial charge in [-0.05, 0) is 20.0 Å². The van der Waals surface area contributed by atoms with Crippen LogP contribution in [-0.2, 0) is 0 Å². The van der Waals surface area contributed by atoms with Crippen molar-refractivity contribution in [2.45, 2.75) is 6.92 Å². The number of imidazole rings is 1.